The van der Waals surface area contributed by atoms with Crippen LogP contribution in [0.2, 0.25) is 9.36 Å². The number of benzene rings is 2. The zero-order valence-electron chi connectivity index (χ0n) is 20.0. The summed E-state index contributed by atoms with van der Waals surface area (Å²) in [4.78, 5) is 29.2. The predicted octanol–water partition coefficient (Wildman–Crippen LogP) is 6.30. The van der Waals surface area contributed by atoms with Gasteiger partial charge in [-0.15, -0.1) is 0 Å². The van der Waals surface area contributed by atoms with Gasteiger partial charge in [-0.05, 0) is 73.3 Å². The largest absolute Gasteiger partial charge is 0.497 e. The molecule has 1 N–H and O–H groups in total. The topological polar surface area (TPSA) is 80.8 Å². The van der Waals surface area contributed by atoms with E-state index in [9.17, 15) is 9.59 Å². The first-order chi connectivity index (χ1) is 17.4. The van der Waals surface area contributed by atoms with Gasteiger partial charge in [0.05, 0.1) is 13.7 Å². The van der Waals surface area contributed by atoms with Gasteiger partial charge in [-0.25, -0.2) is 0 Å². The van der Waals surface area contributed by atoms with Crippen LogP contribution in [-0.2, 0) is 4.79 Å². The van der Waals surface area contributed by atoms with E-state index in [2.05, 4.69) is 9.69 Å². The molecule has 36 heavy (non-hydrogen) atoms. The molecule has 0 radical (unpaired) electrons. The first-order valence-electron chi connectivity index (χ1n) is 11.7. The number of aromatic nitrogens is 1. The number of nitrogens with one attached hydrogen (secondary N) is 1. The van der Waals surface area contributed by atoms with E-state index in [4.69, 9.17) is 32.7 Å². The minimum Gasteiger partial charge on any atom is -0.497 e. The number of amides is 2. The number of hydrogen-bond acceptors (Lipinski definition) is 6. The number of carbonyl (C=O) groups excluding carboxylic acids is 2. The predicted molar refractivity (Wildman–Crippen MR) is 143 cm³/mol. The van der Waals surface area contributed by atoms with Crippen LogP contribution < -0.4 is 19.7 Å². The second-order valence-corrected chi connectivity index (χ2v) is 10.1. The van der Waals surface area contributed by atoms with Crippen molar-refractivity contribution < 1.29 is 19.1 Å². The number of halogens is 2. The van der Waals surface area contributed by atoms with Crippen LogP contribution in [0.3, 0.4) is 0 Å². The van der Waals surface area contributed by atoms with E-state index in [1.165, 1.54) is 4.90 Å². The molecule has 2 amide bonds. The van der Waals surface area contributed by atoms with Gasteiger partial charge in [-0.1, -0.05) is 48.2 Å². The third-order valence-electron chi connectivity index (χ3n) is 6.08. The molecule has 1 aromatic heterocycles. The number of methoxy groups -OCH3 is 1. The fourth-order valence-corrected chi connectivity index (χ4v) is 5.30. The summed E-state index contributed by atoms with van der Waals surface area (Å²) in [6, 6.07) is 13.2. The molecule has 1 heterocycles. The van der Waals surface area contributed by atoms with E-state index < -0.39 is 11.9 Å². The molecule has 3 aromatic rings. The van der Waals surface area contributed by atoms with Crippen molar-refractivity contribution in [2.75, 3.05) is 18.6 Å². The van der Waals surface area contributed by atoms with Crippen molar-refractivity contribution >= 4 is 52.2 Å². The Hall–Kier alpha value is -2.81. The molecule has 1 saturated carbocycles. The molecule has 2 aromatic carbocycles. The Labute approximate surface area is 224 Å². The van der Waals surface area contributed by atoms with Gasteiger partial charge >= 0.3 is 0 Å². The fraction of sp³-hybridized carbons (Fsp3) is 0.346. The van der Waals surface area contributed by atoms with Crippen LogP contribution >= 0.6 is 34.7 Å². The highest BCUT2D eigenvalue weighted by Crippen LogP contribution is 2.36. The van der Waals surface area contributed by atoms with Gasteiger partial charge in [0.1, 0.15) is 26.9 Å². The van der Waals surface area contributed by atoms with E-state index in [0.29, 0.717) is 29.4 Å². The lowest BCUT2D eigenvalue weighted by Crippen LogP contribution is -2.46. The van der Waals surface area contributed by atoms with Crippen molar-refractivity contribution in [3.63, 3.8) is 0 Å². The van der Waals surface area contributed by atoms with Crippen LogP contribution in [0.1, 0.15) is 54.7 Å². The lowest BCUT2D eigenvalue weighted by atomic mass is 10.0. The molecule has 1 aliphatic rings. The molecular weight excluding hydrogens is 521 g/mol. The summed E-state index contributed by atoms with van der Waals surface area (Å²) in [5, 5.41) is 3.21. The molecule has 0 spiro atoms. The highest BCUT2D eigenvalue weighted by Gasteiger charge is 2.37. The van der Waals surface area contributed by atoms with Gasteiger partial charge in [0.2, 0.25) is 5.91 Å². The summed E-state index contributed by atoms with van der Waals surface area (Å²) < 4.78 is 15.3. The normalized spacial score (nSPS) is 14.3. The lowest BCUT2D eigenvalue weighted by Gasteiger charge is -2.32. The van der Waals surface area contributed by atoms with E-state index >= 15 is 0 Å². The number of carbonyl (C=O) groups is 2. The number of rotatable bonds is 9. The molecule has 4 rings (SSSR count). The maximum atomic E-state index is 14.0. The van der Waals surface area contributed by atoms with Gasteiger partial charge in [0, 0.05) is 11.7 Å². The Morgan fingerprint density at radius 3 is 2.28 bits per heavy atom. The number of ether oxygens (including phenoxy) is 2. The Kier molecular flexibility index (Phi) is 8.72. The SMILES string of the molecule is CCOc1ccc([C@H](C(=O)NC2CCCC2)N(C(=O)c2nsc(Cl)c2Cl)c2ccc(OC)cc2)cc1. The van der Waals surface area contributed by atoms with Gasteiger partial charge in [-0.3, -0.25) is 14.5 Å². The number of anilines is 1. The number of hydrogen-bond donors (Lipinski definition) is 1. The van der Waals surface area contributed by atoms with Crippen molar-refractivity contribution in [1.82, 2.24) is 9.69 Å². The molecule has 0 bridgehead atoms. The summed E-state index contributed by atoms with van der Waals surface area (Å²) >= 11 is 13.4. The quantitative estimate of drug-likeness (QED) is 0.339. The van der Waals surface area contributed by atoms with Crippen molar-refractivity contribution in [2.24, 2.45) is 0 Å². The molecule has 1 fully saturated rings. The Morgan fingerprint density at radius 1 is 1.08 bits per heavy atom. The minimum atomic E-state index is -0.987. The molecule has 1 aliphatic carbocycles. The Morgan fingerprint density at radius 2 is 1.72 bits per heavy atom. The minimum absolute atomic E-state index is 0.00733. The summed E-state index contributed by atoms with van der Waals surface area (Å²) in [7, 11) is 1.56. The molecule has 0 unspecified atom stereocenters. The summed E-state index contributed by atoms with van der Waals surface area (Å²) in [6.07, 6.45) is 3.94. The molecule has 1 atom stereocenters. The van der Waals surface area contributed by atoms with Crippen LogP contribution in [0, 0.1) is 0 Å². The third-order valence-corrected chi connectivity index (χ3v) is 7.70. The van der Waals surface area contributed by atoms with Crippen molar-refractivity contribution in [2.45, 2.75) is 44.7 Å². The van der Waals surface area contributed by atoms with E-state index in [0.717, 1.165) is 37.2 Å². The van der Waals surface area contributed by atoms with E-state index in [1.54, 1.807) is 55.6 Å². The lowest BCUT2D eigenvalue weighted by molar-refractivity contribution is -0.123. The first kappa shape index (κ1) is 26.3. The van der Waals surface area contributed by atoms with Gasteiger partial charge in [0.25, 0.3) is 5.91 Å². The first-order valence-corrected chi connectivity index (χ1v) is 13.3. The van der Waals surface area contributed by atoms with Crippen molar-refractivity contribution in [3.8, 4) is 11.5 Å². The highest BCUT2D eigenvalue weighted by molar-refractivity contribution is 7.11. The van der Waals surface area contributed by atoms with Crippen LogP contribution in [0.5, 0.6) is 11.5 Å². The molecule has 10 heteroatoms. The maximum Gasteiger partial charge on any atom is 0.280 e. The van der Waals surface area contributed by atoms with Crippen molar-refractivity contribution in [3.05, 3.63) is 69.1 Å². The summed E-state index contributed by atoms with van der Waals surface area (Å²) in [5.74, 6) is 0.475. The summed E-state index contributed by atoms with van der Waals surface area (Å²) in [5.41, 5.74) is 1.10. The molecule has 0 saturated heterocycles. The maximum absolute atomic E-state index is 14.0. The van der Waals surface area contributed by atoms with Crippen molar-refractivity contribution in [1.29, 1.82) is 0 Å². The van der Waals surface area contributed by atoms with Crippen LogP contribution in [0.4, 0.5) is 5.69 Å². The van der Waals surface area contributed by atoms with Gasteiger partial charge < -0.3 is 14.8 Å². The molecule has 7 nitrogen and oxygen atoms in total. The smallest absolute Gasteiger partial charge is 0.280 e. The van der Waals surface area contributed by atoms with Crippen LogP contribution in [0.25, 0.3) is 0 Å². The molecule has 0 aliphatic heterocycles. The molecule has 190 valence electrons. The van der Waals surface area contributed by atoms with Crippen LogP contribution in [-0.4, -0.2) is 35.9 Å². The summed E-state index contributed by atoms with van der Waals surface area (Å²) in [6.45, 7) is 2.42. The molecular formula is C26H27Cl2N3O4S. The van der Waals surface area contributed by atoms with Gasteiger partial charge in [0.15, 0.2) is 5.69 Å². The monoisotopic (exact) mass is 547 g/mol. The Balaban J connectivity index is 1.82. The van der Waals surface area contributed by atoms with E-state index in [-0.39, 0.29) is 27.0 Å². The average Bonchev–Trinajstić information content (AvgIpc) is 3.52. The zero-order chi connectivity index (χ0) is 25.7. The van der Waals surface area contributed by atoms with Crippen LogP contribution in [0.15, 0.2) is 48.5 Å². The van der Waals surface area contributed by atoms with Gasteiger partial charge in [-0.2, -0.15) is 4.37 Å². The second kappa shape index (κ2) is 12.0. The average molecular weight is 548 g/mol. The Bertz CT molecular complexity index is 1190. The highest BCUT2D eigenvalue weighted by atomic mass is 35.5. The zero-order valence-corrected chi connectivity index (χ0v) is 22.3. The second-order valence-electron chi connectivity index (χ2n) is 8.39. The van der Waals surface area contributed by atoms with E-state index in [1.807, 2.05) is 6.92 Å². The standard InChI is InChI=1S/C26H27Cl2N3O4S/c1-3-35-20-12-8-16(9-13-20)23(25(32)29-17-6-4-5-7-17)31(18-10-14-19(34-2)15-11-18)26(33)22-21(27)24(28)36-30-22/h8-15,17,23H,3-7H2,1-2H3,(H,29,32)/t23-/m1/s1. The number of nitrogens with zero attached hydrogens (tertiary/aromatic N) is 2. The third kappa shape index (κ3) is 5.77. The fourth-order valence-electron chi connectivity index (χ4n) is 4.31.